The first-order valence-electron chi connectivity index (χ1n) is 10.4. The number of para-hydroxylation sites is 1. The number of methoxy groups -OCH3 is 1. The van der Waals surface area contributed by atoms with Gasteiger partial charge >= 0.3 is 0 Å². The molecule has 0 aliphatic rings. The van der Waals surface area contributed by atoms with Crippen LogP contribution in [0.5, 0.6) is 5.75 Å². The highest BCUT2D eigenvalue weighted by molar-refractivity contribution is 5.91. The van der Waals surface area contributed by atoms with Crippen molar-refractivity contribution in [2.45, 2.75) is 12.3 Å². The molecule has 0 spiro atoms. The van der Waals surface area contributed by atoms with Gasteiger partial charge in [0.25, 0.3) is 5.91 Å². The Morgan fingerprint density at radius 1 is 1.03 bits per heavy atom. The van der Waals surface area contributed by atoms with Crippen LogP contribution in [0.15, 0.2) is 77.5 Å². The molecule has 7 nitrogen and oxygen atoms in total. The fourth-order valence-corrected chi connectivity index (χ4v) is 3.71. The number of aromatic amines is 1. The number of nitrogens with one attached hydrogen (secondary N) is 3. The highest BCUT2D eigenvalue weighted by atomic mass is 16.5. The van der Waals surface area contributed by atoms with Crippen LogP contribution in [-0.2, 0) is 4.79 Å². The number of hydrogen-bond acceptors (Lipinski definition) is 4. The molecule has 0 aliphatic carbocycles. The minimum atomic E-state index is -0.335. The Labute approximate surface area is 185 Å². The van der Waals surface area contributed by atoms with Crippen molar-refractivity contribution in [3.8, 4) is 5.75 Å². The molecule has 3 N–H and O–H groups in total. The van der Waals surface area contributed by atoms with E-state index in [0.717, 1.165) is 27.8 Å². The second-order valence-corrected chi connectivity index (χ2v) is 7.40. The molecule has 0 saturated heterocycles. The van der Waals surface area contributed by atoms with Crippen LogP contribution in [0, 0.1) is 0 Å². The number of benzene rings is 2. The van der Waals surface area contributed by atoms with Gasteiger partial charge in [0, 0.05) is 42.5 Å². The minimum absolute atomic E-state index is 0.0429. The van der Waals surface area contributed by atoms with Crippen LogP contribution in [0.4, 0.5) is 0 Å². The van der Waals surface area contributed by atoms with E-state index in [1.54, 1.807) is 19.2 Å². The van der Waals surface area contributed by atoms with E-state index < -0.39 is 0 Å². The molecule has 1 atom stereocenters. The molecule has 2 amide bonds. The molecule has 4 aromatic rings. The van der Waals surface area contributed by atoms with E-state index in [1.165, 1.54) is 6.26 Å². The van der Waals surface area contributed by atoms with E-state index >= 15 is 0 Å². The van der Waals surface area contributed by atoms with Gasteiger partial charge in [0.1, 0.15) is 5.75 Å². The van der Waals surface area contributed by atoms with Crippen molar-refractivity contribution in [1.82, 2.24) is 15.6 Å². The van der Waals surface area contributed by atoms with Crippen LogP contribution >= 0.6 is 0 Å². The number of fused-ring (bicyclic) bond motifs is 1. The summed E-state index contributed by atoms with van der Waals surface area (Å²) >= 11 is 0. The Kier molecular flexibility index (Phi) is 6.55. The summed E-state index contributed by atoms with van der Waals surface area (Å²) in [4.78, 5) is 27.7. The van der Waals surface area contributed by atoms with E-state index in [1.807, 2.05) is 48.7 Å². The third-order valence-electron chi connectivity index (χ3n) is 5.40. The van der Waals surface area contributed by atoms with Gasteiger partial charge in [-0.1, -0.05) is 30.3 Å². The van der Waals surface area contributed by atoms with Gasteiger partial charge in [0.15, 0.2) is 5.76 Å². The lowest BCUT2D eigenvalue weighted by atomic mass is 9.90. The third-order valence-corrected chi connectivity index (χ3v) is 5.40. The number of rotatable bonds is 9. The summed E-state index contributed by atoms with van der Waals surface area (Å²) in [6.07, 6.45) is 3.61. The molecule has 0 radical (unpaired) electrons. The second-order valence-electron chi connectivity index (χ2n) is 7.40. The normalized spacial score (nSPS) is 11.8. The number of amides is 2. The number of carbonyl (C=O) groups excluding carboxylic acids is 2. The number of hydrogen-bond donors (Lipinski definition) is 3. The Balaban J connectivity index is 1.43. The Morgan fingerprint density at radius 3 is 2.59 bits per heavy atom. The molecule has 2 aromatic heterocycles. The van der Waals surface area contributed by atoms with Crippen molar-refractivity contribution in [3.63, 3.8) is 0 Å². The van der Waals surface area contributed by atoms with Crippen LogP contribution in [0.25, 0.3) is 10.9 Å². The van der Waals surface area contributed by atoms with Gasteiger partial charge in [0.2, 0.25) is 5.91 Å². The Bertz CT molecular complexity index is 1180. The monoisotopic (exact) mass is 431 g/mol. The number of H-pyrrole nitrogens is 1. The molecule has 4 rings (SSSR count). The average Bonchev–Trinajstić information content (AvgIpc) is 3.50. The summed E-state index contributed by atoms with van der Waals surface area (Å²) in [5.41, 5.74) is 3.23. The molecule has 0 aliphatic heterocycles. The molecular formula is C25H25N3O4. The highest BCUT2D eigenvalue weighted by Gasteiger charge is 2.19. The minimum Gasteiger partial charge on any atom is -0.497 e. The van der Waals surface area contributed by atoms with Crippen LogP contribution < -0.4 is 15.4 Å². The van der Waals surface area contributed by atoms with Gasteiger partial charge in [0.05, 0.1) is 13.4 Å². The zero-order chi connectivity index (χ0) is 22.3. The topological polar surface area (TPSA) is 96.4 Å². The van der Waals surface area contributed by atoms with Gasteiger partial charge in [-0.15, -0.1) is 0 Å². The molecule has 164 valence electrons. The summed E-state index contributed by atoms with van der Waals surface area (Å²) in [6, 6.07) is 19.2. The number of aromatic nitrogens is 1. The van der Waals surface area contributed by atoms with Gasteiger partial charge in [-0.25, -0.2) is 0 Å². The zero-order valence-corrected chi connectivity index (χ0v) is 17.8. The van der Waals surface area contributed by atoms with Crippen LogP contribution in [-0.4, -0.2) is 37.0 Å². The number of furan rings is 1. The average molecular weight is 431 g/mol. The second kappa shape index (κ2) is 9.87. The quantitative estimate of drug-likeness (QED) is 0.375. The molecule has 0 unspecified atom stereocenters. The van der Waals surface area contributed by atoms with Gasteiger partial charge in [-0.05, 0) is 41.5 Å². The predicted molar refractivity (Wildman–Crippen MR) is 122 cm³/mol. The van der Waals surface area contributed by atoms with Crippen LogP contribution in [0.2, 0.25) is 0 Å². The maximum atomic E-state index is 12.5. The van der Waals surface area contributed by atoms with Crippen molar-refractivity contribution in [2.75, 3.05) is 20.2 Å². The van der Waals surface area contributed by atoms with Crippen LogP contribution in [0.3, 0.4) is 0 Å². The summed E-state index contributed by atoms with van der Waals surface area (Å²) in [6.45, 7) is 0.658. The molecule has 2 heterocycles. The van der Waals surface area contributed by atoms with E-state index in [0.29, 0.717) is 6.54 Å². The fourth-order valence-electron chi connectivity index (χ4n) is 3.71. The molecule has 0 saturated carbocycles. The molecular weight excluding hydrogens is 406 g/mol. The molecule has 0 fully saturated rings. The lowest BCUT2D eigenvalue weighted by Crippen LogP contribution is -2.33. The first-order valence-corrected chi connectivity index (χ1v) is 10.4. The Morgan fingerprint density at radius 2 is 1.84 bits per heavy atom. The molecule has 32 heavy (non-hydrogen) atoms. The van der Waals surface area contributed by atoms with Gasteiger partial charge in [-0.2, -0.15) is 0 Å². The van der Waals surface area contributed by atoms with Crippen molar-refractivity contribution < 1.29 is 18.7 Å². The summed E-state index contributed by atoms with van der Waals surface area (Å²) < 4.78 is 10.3. The highest BCUT2D eigenvalue weighted by Crippen LogP contribution is 2.31. The lowest BCUT2D eigenvalue weighted by Gasteiger charge is -2.19. The lowest BCUT2D eigenvalue weighted by molar-refractivity contribution is -0.120. The maximum Gasteiger partial charge on any atom is 0.286 e. The van der Waals surface area contributed by atoms with E-state index in [9.17, 15) is 9.59 Å². The number of ether oxygens (including phenoxy) is 1. The molecule has 2 aromatic carbocycles. The zero-order valence-electron chi connectivity index (χ0n) is 17.8. The maximum absolute atomic E-state index is 12.5. The standard InChI is InChI=1S/C25H25N3O4/c1-31-18-10-8-17(9-11-18)20(21-16-27-22-6-3-2-5-19(21)22)15-28-24(29)12-13-26-25(30)23-7-4-14-32-23/h2-11,14,16,20,27H,12-13,15H2,1H3,(H,26,30)(H,28,29)/t20-/m0/s1. The number of carbonyl (C=O) groups is 2. The SMILES string of the molecule is COc1ccc([C@H](CNC(=O)CCNC(=O)c2ccco2)c2c[nH]c3ccccc23)cc1. The van der Waals surface area contributed by atoms with Crippen molar-refractivity contribution in [2.24, 2.45) is 0 Å². The predicted octanol–water partition coefficient (Wildman–Crippen LogP) is 3.84. The van der Waals surface area contributed by atoms with Crippen LogP contribution in [0.1, 0.15) is 34.0 Å². The van der Waals surface area contributed by atoms with Gasteiger partial charge < -0.3 is 24.8 Å². The Hall–Kier alpha value is -4.00. The van der Waals surface area contributed by atoms with Crippen molar-refractivity contribution in [3.05, 3.63) is 90.0 Å². The van der Waals surface area contributed by atoms with Gasteiger partial charge in [-0.3, -0.25) is 9.59 Å². The van der Waals surface area contributed by atoms with Crippen molar-refractivity contribution in [1.29, 1.82) is 0 Å². The fraction of sp³-hybridized carbons (Fsp3) is 0.200. The first kappa shape index (κ1) is 21.2. The van der Waals surface area contributed by atoms with E-state index in [4.69, 9.17) is 9.15 Å². The molecule has 7 heteroatoms. The largest absolute Gasteiger partial charge is 0.497 e. The summed E-state index contributed by atoms with van der Waals surface area (Å²) in [7, 11) is 1.64. The third kappa shape index (κ3) is 4.83. The van der Waals surface area contributed by atoms with Crippen molar-refractivity contribution >= 4 is 22.7 Å². The summed E-state index contributed by atoms with van der Waals surface area (Å²) in [5.74, 6) is 0.492. The molecule has 0 bridgehead atoms. The van der Waals surface area contributed by atoms with E-state index in [2.05, 4.69) is 21.7 Å². The first-order chi connectivity index (χ1) is 15.7. The summed E-state index contributed by atoms with van der Waals surface area (Å²) in [5, 5.41) is 6.82. The smallest absolute Gasteiger partial charge is 0.286 e. The van der Waals surface area contributed by atoms with E-state index in [-0.39, 0.29) is 36.5 Å².